The maximum Gasteiger partial charge on any atom is 0.331 e. The summed E-state index contributed by atoms with van der Waals surface area (Å²) >= 11 is 5.80. The molecule has 1 saturated heterocycles. The zero-order chi connectivity index (χ0) is 20.0. The minimum Gasteiger partial charge on any atom is -0.452 e. The number of amides is 1. The summed E-state index contributed by atoms with van der Waals surface area (Å²) in [4.78, 5) is 25.9. The number of benzene rings is 1. The molecule has 148 valence electrons. The normalized spacial score (nSPS) is 18.7. The van der Waals surface area contributed by atoms with E-state index < -0.39 is 22.4 Å². The van der Waals surface area contributed by atoms with Gasteiger partial charge in [0.05, 0.1) is 11.5 Å². The molecule has 6 nitrogen and oxygen atoms in total. The number of ether oxygens (including phenoxy) is 1. The highest BCUT2D eigenvalue weighted by atomic mass is 35.5. The Morgan fingerprint density at radius 1 is 1.30 bits per heavy atom. The second-order valence-corrected chi connectivity index (χ2v) is 9.65. The van der Waals surface area contributed by atoms with Crippen LogP contribution < -0.4 is 0 Å². The lowest BCUT2D eigenvalue weighted by Crippen LogP contribution is -2.45. The zero-order valence-corrected chi connectivity index (χ0v) is 17.0. The Morgan fingerprint density at radius 3 is 2.52 bits per heavy atom. The van der Waals surface area contributed by atoms with Gasteiger partial charge in [-0.25, -0.2) is 13.2 Å². The van der Waals surface area contributed by atoms with E-state index in [1.165, 1.54) is 11.0 Å². The van der Waals surface area contributed by atoms with Crippen molar-refractivity contribution in [1.29, 1.82) is 0 Å². The average molecular weight is 414 g/mol. The SMILES string of the molecule is CC(C)CN(C(=O)COC(=O)/C=C/c1ccc(Cl)cc1)[C@H]1CCS(=O)(=O)C1. The molecule has 1 atom stereocenters. The van der Waals surface area contributed by atoms with E-state index >= 15 is 0 Å². The van der Waals surface area contributed by atoms with E-state index in [-0.39, 0.29) is 29.4 Å². The van der Waals surface area contributed by atoms with Gasteiger partial charge in [-0.15, -0.1) is 0 Å². The van der Waals surface area contributed by atoms with Gasteiger partial charge < -0.3 is 9.64 Å². The summed E-state index contributed by atoms with van der Waals surface area (Å²) in [5.41, 5.74) is 0.778. The van der Waals surface area contributed by atoms with Gasteiger partial charge in [-0.2, -0.15) is 0 Å². The van der Waals surface area contributed by atoms with Crippen LogP contribution in [0.1, 0.15) is 25.8 Å². The standard InChI is InChI=1S/C19H24ClNO5S/c1-14(2)11-21(17-9-10-27(24,25)13-17)18(22)12-26-19(23)8-5-15-3-6-16(20)7-4-15/h3-8,14,17H,9-13H2,1-2H3/b8-5+/t17-/m0/s1. The lowest BCUT2D eigenvalue weighted by atomic mass is 10.1. The molecule has 0 unspecified atom stereocenters. The summed E-state index contributed by atoms with van der Waals surface area (Å²) in [6.07, 6.45) is 3.23. The number of esters is 1. The Bertz CT molecular complexity index is 802. The first-order valence-electron chi connectivity index (χ1n) is 8.76. The van der Waals surface area contributed by atoms with Gasteiger partial charge >= 0.3 is 5.97 Å². The van der Waals surface area contributed by atoms with Gasteiger partial charge in [0, 0.05) is 23.7 Å². The molecule has 2 rings (SSSR count). The molecule has 0 N–H and O–H groups in total. The third-order valence-corrected chi connectivity index (χ3v) is 6.15. The van der Waals surface area contributed by atoms with Crippen molar-refractivity contribution in [2.45, 2.75) is 26.3 Å². The van der Waals surface area contributed by atoms with Crippen LogP contribution in [0.5, 0.6) is 0 Å². The van der Waals surface area contributed by atoms with E-state index in [0.29, 0.717) is 18.0 Å². The van der Waals surface area contributed by atoms with Crippen LogP contribution in [0.4, 0.5) is 0 Å². The van der Waals surface area contributed by atoms with Crippen LogP contribution in [0.3, 0.4) is 0 Å². The highest BCUT2D eigenvalue weighted by Gasteiger charge is 2.35. The average Bonchev–Trinajstić information content (AvgIpc) is 2.96. The second kappa shape index (κ2) is 9.37. The molecule has 0 aromatic heterocycles. The summed E-state index contributed by atoms with van der Waals surface area (Å²) < 4.78 is 28.5. The summed E-state index contributed by atoms with van der Waals surface area (Å²) in [5.74, 6) is -0.780. The molecule has 1 aromatic rings. The molecular weight excluding hydrogens is 390 g/mol. The number of rotatable bonds is 7. The second-order valence-electron chi connectivity index (χ2n) is 6.99. The van der Waals surface area contributed by atoms with Gasteiger partial charge in [0.25, 0.3) is 5.91 Å². The van der Waals surface area contributed by atoms with Crippen molar-refractivity contribution in [3.8, 4) is 0 Å². The van der Waals surface area contributed by atoms with Crippen LogP contribution >= 0.6 is 11.6 Å². The molecule has 1 aliphatic heterocycles. The number of hydrogen-bond acceptors (Lipinski definition) is 5. The molecule has 27 heavy (non-hydrogen) atoms. The van der Waals surface area contributed by atoms with E-state index in [4.69, 9.17) is 16.3 Å². The zero-order valence-electron chi connectivity index (χ0n) is 15.4. The minimum atomic E-state index is -3.11. The molecule has 0 aliphatic carbocycles. The molecular formula is C19H24ClNO5S. The fourth-order valence-electron chi connectivity index (χ4n) is 2.87. The Balaban J connectivity index is 1.92. The van der Waals surface area contributed by atoms with Gasteiger partial charge in [0.1, 0.15) is 0 Å². The summed E-state index contributed by atoms with van der Waals surface area (Å²) in [7, 11) is -3.11. The largest absolute Gasteiger partial charge is 0.452 e. The molecule has 1 aliphatic rings. The number of sulfone groups is 1. The van der Waals surface area contributed by atoms with Crippen molar-refractivity contribution in [1.82, 2.24) is 4.90 Å². The monoisotopic (exact) mass is 413 g/mol. The lowest BCUT2D eigenvalue weighted by molar-refractivity contribution is -0.149. The van der Waals surface area contributed by atoms with Crippen molar-refractivity contribution in [3.63, 3.8) is 0 Å². The van der Waals surface area contributed by atoms with E-state index in [1.54, 1.807) is 30.3 Å². The molecule has 0 bridgehead atoms. The molecule has 1 fully saturated rings. The first-order valence-corrected chi connectivity index (χ1v) is 11.0. The first kappa shape index (κ1) is 21.4. The minimum absolute atomic E-state index is 0.0319. The van der Waals surface area contributed by atoms with Gasteiger partial charge in [-0.1, -0.05) is 37.6 Å². The van der Waals surface area contributed by atoms with E-state index in [1.807, 2.05) is 13.8 Å². The Morgan fingerprint density at radius 2 is 1.96 bits per heavy atom. The Kier molecular flexibility index (Phi) is 7.44. The van der Waals surface area contributed by atoms with Gasteiger partial charge in [-0.05, 0) is 36.1 Å². The highest BCUT2D eigenvalue weighted by molar-refractivity contribution is 7.91. The maximum absolute atomic E-state index is 12.5. The number of carbonyl (C=O) groups is 2. The third kappa shape index (κ3) is 6.99. The lowest BCUT2D eigenvalue weighted by Gasteiger charge is -2.29. The Labute approximate surface area is 165 Å². The summed E-state index contributed by atoms with van der Waals surface area (Å²) in [6, 6.07) is 6.56. The Hall–Kier alpha value is -1.86. The van der Waals surface area contributed by atoms with Crippen LogP contribution in [-0.2, 0) is 24.2 Å². The van der Waals surface area contributed by atoms with Crippen molar-refractivity contribution in [3.05, 3.63) is 40.9 Å². The third-order valence-electron chi connectivity index (χ3n) is 4.15. The molecule has 8 heteroatoms. The van der Waals surface area contributed by atoms with Crippen molar-refractivity contribution >= 4 is 39.4 Å². The van der Waals surface area contributed by atoms with Crippen LogP contribution in [-0.4, -0.2) is 55.9 Å². The fourth-order valence-corrected chi connectivity index (χ4v) is 4.73. The van der Waals surface area contributed by atoms with E-state index in [0.717, 1.165) is 5.56 Å². The molecule has 0 spiro atoms. The first-order chi connectivity index (χ1) is 12.7. The van der Waals surface area contributed by atoms with Crippen LogP contribution in [0.15, 0.2) is 30.3 Å². The number of halogens is 1. The summed E-state index contributed by atoms with van der Waals surface area (Å²) in [5, 5.41) is 0.597. The summed E-state index contributed by atoms with van der Waals surface area (Å²) in [6.45, 7) is 3.92. The maximum atomic E-state index is 12.5. The van der Waals surface area contributed by atoms with Crippen LogP contribution in [0, 0.1) is 5.92 Å². The predicted molar refractivity (Wildman–Crippen MR) is 105 cm³/mol. The van der Waals surface area contributed by atoms with Crippen LogP contribution in [0.2, 0.25) is 5.02 Å². The molecule has 0 radical (unpaired) electrons. The van der Waals surface area contributed by atoms with Gasteiger partial charge in [0.15, 0.2) is 16.4 Å². The highest BCUT2D eigenvalue weighted by Crippen LogP contribution is 2.19. The number of hydrogen-bond donors (Lipinski definition) is 0. The molecule has 1 heterocycles. The molecule has 1 amide bonds. The molecule has 1 aromatic carbocycles. The van der Waals surface area contributed by atoms with Crippen molar-refractivity contribution < 1.29 is 22.7 Å². The van der Waals surface area contributed by atoms with Crippen LogP contribution in [0.25, 0.3) is 6.08 Å². The topological polar surface area (TPSA) is 80.8 Å². The quantitative estimate of drug-likeness (QED) is 0.507. The number of nitrogens with zero attached hydrogens (tertiary/aromatic N) is 1. The fraction of sp³-hybridized carbons (Fsp3) is 0.474. The van der Waals surface area contributed by atoms with Crippen molar-refractivity contribution in [2.24, 2.45) is 5.92 Å². The number of carbonyl (C=O) groups excluding carboxylic acids is 2. The van der Waals surface area contributed by atoms with E-state index in [2.05, 4.69) is 0 Å². The predicted octanol–water partition coefficient (Wildman–Crippen LogP) is 2.57. The van der Waals surface area contributed by atoms with Crippen molar-refractivity contribution in [2.75, 3.05) is 24.7 Å². The van der Waals surface area contributed by atoms with E-state index in [9.17, 15) is 18.0 Å². The van der Waals surface area contributed by atoms with Gasteiger partial charge in [-0.3, -0.25) is 4.79 Å². The molecule has 0 saturated carbocycles. The smallest absolute Gasteiger partial charge is 0.331 e. The van der Waals surface area contributed by atoms with Gasteiger partial charge in [0.2, 0.25) is 0 Å².